The van der Waals surface area contributed by atoms with Crippen LogP contribution in [0.2, 0.25) is 0 Å². The Hall–Kier alpha value is -1.42. The van der Waals surface area contributed by atoms with E-state index in [-0.39, 0.29) is 6.04 Å². The molecular weight excluding hydrogens is 204 g/mol. The van der Waals surface area contributed by atoms with Crippen LogP contribution in [0.3, 0.4) is 0 Å². The second-order valence-electron chi connectivity index (χ2n) is 3.83. The van der Waals surface area contributed by atoms with E-state index >= 15 is 0 Å². The molecule has 4 heteroatoms. The highest BCUT2D eigenvalue weighted by molar-refractivity contribution is 5.64. The monoisotopic (exact) mass is 224 g/mol. The maximum atomic E-state index is 5.70. The van der Waals surface area contributed by atoms with Gasteiger partial charge in [-0.1, -0.05) is 0 Å². The fourth-order valence-electron chi connectivity index (χ4n) is 1.57. The van der Waals surface area contributed by atoms with Crippen LogP contribution in [0.4, 0.5) is 5.69 Å². The molecule has 0 aliphatic rings. The summed E-state index contributed by atoms with van der Waals surface area (Å²) in [4.78, 5) is 0. The summed E-state index contributed by atoms with van der Waals surface area (Å²) in [6.07, 6.45) is 0. The summed E-state index contributed by atoms with van der Waals surface area (Å²) in [5.41, 5.74) is 7.63. The maximum Gasteiger partial charge on any atom is 0.148 e. The van der Waals surface area contributed by atoms with Gasteiger partial charge in [-0.2, -0.15) is 0 Å². The number of benzene rings is 1. The molecule has 1 aromatic rings. The van der Waals surface area contributed by atoms with Crippen LogP contribution < -0.4 is 20.5 Å². The molecule has 1 aromatic carbocycles. The molecule has 0 aliphatic heterocycles. The van der Waals surface area contributed by atoms with Crippen LogP contribution >= 0.6 is 0 Å². The topological polar surface area (TPSA) is 56.5 Å². The zero-order chi connectivity index (χ0) is 12.1. The molecule has 0 saturated carbocycles. The van der Waals surface area contributed by atoms with Gasteiger partial charge in [0, 0.05) is 18.2 Å². The number of nitrogens with one attached hydrogen (secondary N) is 1. The van der Waals surface area contributed by atoms with E-state index < -0.39 is 0 Å². The third-order valence-corrected chi connectivity index (χ3v) is 2.39. The Morgan fingerprint density at radius 2 is 2.00 bits per heavy atom. The van der Waals surface area contributed by atoms with Crippen molar-refractivity contribution in [2.45, 2.75) is 19.9 Å². The largest absolute Gasteiger partial charge is 0.496 e. The van der Waals surface area contributed by atoms with E-state index in [0.29, 0.717) is 6.54 Å². The maximum absolute atomic E-state index is 5.70. The summed E-state index contributed by atoms with van der Waals surface area (Å²) < 4.78 is 10.6. The first-order valence-electron chi connectivity index (χ1n) is 5.31. The number of hydrogen-bond acceptors (Lipinski definition) is 4. The molecule has 0 spiro atoms. The molecule has 0 amide bonds. The van der Waals surface area contributed by atoms with Gasteiger partial charge in [0.2, 0.25) is 0 Å². The SMILES string of the molecule is COc1ccc(NCC(C)N)c(OC)c1C. The Labute approximate surface area is 96.7 Å². The van der Waals surface area contributed by atoms with E-state index in [4.69, 9.17) is 15.2 Å². The van der Waals surface area contributed by atoms with Crippen molar-refractivity contribution in [1.82, 2.24) is 0 Å². The van der Waals surface area contributed by atoms with Crippen molar-refractivity contribution < 1.29 is 9.47 Å². The van der Waals surface area contributed by atoms with Crippen molar-refractivity contribution in [3.8, 4) is 11.5 Å². The van der Waals surface area contributed by atoms with Gasteiger partial charge in [-0.25, -0.2) is 0 Å². The quantitative estimate of drug-likeness (QED) is 0.800. The fourth-order valence-corrected chi connectivity index (χ4v) is 1.57. The van der Waals surface area contributed by atoms with Crippen LogP contribution in [0.15, 0.2) is 12.1 Å². The summed E-state index contributed by atoms with van der Waals surface area (Å²) in [5.74, 6) is 1.63. The Balaban J connectivity index is 2.96. The number of rotatable bonds is 5. The number of anilines is 1. The summed E-state index contributed by atoms with van der Waals surface area (Å²) in [5, 5.41) is 3.25. The molecule has 1 unspecified atom stereocenters. The second kappa shape index (κ2) is 5.61. The Morgan fingerprint density at radius 3 is 2.50 bits per heavy atom. The minimum atomic E-state index is 0.104. The molecule has 0 heterocycles. The van der Waals surface area contributed by atoms with Gasteiger partial charge in [0.15, 0.2) is 0 Å². The van der Waals surface area contributed by atoms with E-state index in [9.17, 15) is 0 Å². The van der Waals surface area contributed by atoms with E-state index in [1.807, 2.05) is 26.0 Å². The van der Waals surface area contributed by atoms with Crippen LogP contribution in [-0.4, -0.2) is 26.8 Å². The third kappa shape index (κ3) is 2.79. The molecule has 0 radical (unpaired) electrons. The molecule has 4 nitrogen and oxygen atoms in total. The molecule has 3 N–H and O–H groups in total. The predicted octanol–water partition coefficient (Wildman–Crippen LogP) is 1.77. The minimum absolute atomic E-state index is 0.104. The number of hydrogen-bond donors (Lipinski definition) is 2. The summed E-state index contributed by atoms with van der Waals surface area (Å²) in [7, 11) is 3.30. The molecule has 1 atom stereocenters. The molecule has 0 bridgehead atoms. The summed E-state index contributed by atoms with van der Waals surface area (Å²) in [6.45, 7) is 4.63. The molecule has 1 rings (SSSR count). The Bertz CT molecular complexity index is 351. The van der Waals surface area contributed by atoms with E-state index in [1.165, 1.54) is 0 Å². The molecular formula is C12H20N2O2. The lowest BCUT2D eigenvalue weighted by Gasteiger charge is -2.16. The van der Waals surface area contributed by atoms with Gasteiger partial charge >= 0.3 is 0 Å². The van der Waals surface area contributed by atoms with E-state index in [2.05, 4.69) is 5.32 Å². The standard InChI is InChI=1S/C12H20N2O2/c1-8(13)7-14-10-5-6-11(15-3)9(2)12(10)16-4/h5-6,8,14H,7,13H2,1-4H3. The first kappa shape index (κ1) is 12.6. The number of ether oxygens (including phenoxy) is 2. The Morgan fingerprint density at radius 1 is 1.31 bits per heavy atom. The van der Waals surface area contributed by atoms with Crippen LogP contribution in [0, 0.1) is 6.92 Å². The highest BCUT2D eigenvalue weighted by Gasteiger charge is 2.10. The zero-order valence-electron chi connectivity index (χ0n) is 10.3. The smallest absolute Gasteiger partial charge is 0.148 e. The van der Waals surface area contributed by atoms with Crippen molar-refractivity contribution in [3.05, 3.63) is 17.7 Å². The van der Waals surface area contributed by atoms with Crippen LogP contribution in [0.5, 0.6) is 11.5 Å². The number of nitrogens with two attached hydrogens (primary N) is 1. The van der Waals surface area contributed by atoms with Gasteiger partial charge in [0.25, 0.3) is 0 Å². The van der Waals surface area contributed by atoms with Crippen LogP contribution in [-0.2, 0) is 0 Å². The summed E-state index contributed by atoms with van der Waals surface area (Å²) >= 11 is 0. The average Bonchev–Trinajstić information content (AvgIpc) is 2.26. The first-order valence-corrected chi connectivity index (χ1v) is 5.31. The first-order chi connectivity index (χ1) is 7.60. The third-order valence-electron chi connectivity index (χ3n) is 2.39. The lowest BCUT2D eigenvalue weighted by molar-refractivity contribution is 0.390. The molecule has 16 heavy (non-hydrogen) atoms. The minimum Gasteiger partial charge on any atom is -0.496 e. The molecule has 0 saturated heterocycles. The fraction of sp³-hybridized carbons (Fsp3) is 0.500. The van der Waals surface area contributed by atoms with Gasteiger partial charge in [-0.3, -0.25) is 0 Å². The molecule has 0 fully saturated rings. The second-order valence-corrected chi connectivity index (χ2v) is 3.83. The lowest BCUT2D eigenvalue weighted by Crippen LogP contribution is -2.25. The van der Waals surface area contributed by atoms with Crippen molar-refractivity contribution in [3.63, 3.8) is 0 Å². The molecule has 90 valence electrons. The highest BCUT2D eigenvalue weighted by Crippen LogP contribution is 2.34. The van der Waals surface area contributed by atoms with Crippen molar-refractivity contribution in [2.75, 3.05) is 26.1 Å². The normalized spacial score (nSPS) is 12.1. The van der Waals surface area contributed by atoms with Crippen molar-refractivity contribution in [2.24, 2.45) is 5.73 Å². The van der Waals surface area contributed by atoms with Crippen LogP contribution in [0.1, 0.15) is 12.5 Å². The van der Waals surface area contributed by atoms with Gasteiger partial charge in [0.1, 0.15) is 11.5 Å². The molecule has 0 aromatic heterocycles. The van der Waals surface area contributed by atoms with Crippen molar-refractivity contribution in [1.29, 1.82) is 0 Å². The molecule has 0 aliphatic carbocycles. The van der Waals surface area contributed by atoms with Gasteiger partial charge in [0.05, 0.1) is 19.9 Å². The van der Waals surface area contributed by atoms with Gasteiger partial charge in [-0.15, -0.1) is 0 Å². The lowest BCUT2D eigenvalue weighted by atomic mass is 10.1. The van der Waals surface area contributed by atoms with E-state index in [0.717, 1.165) is 22.7 Å². The predicted molar refractivity (Wildman–Crippen MR) is 66.4 cm³/mol. The highest BCUT2D eigenvalue weighted by atomic mass is 16.5. The average molecular weight is 224 g/mol. The summed E-state index contributed by atoms with van der Waals surface area (Å²) in [6, 6.07) is 3.96. The Kier molecular flexibility index (Phi) is 4.43. The van der Waals surface area contributed by atoms with Crippen LogP contribution in [0.25, 0.3) is 0 Å². The van der Waals surface area contributed by atoms with Crippen molar-refractivity contribution >= 4 is 5.69 Å². The van der Waals surface area contributed by atoms with E-state index in [1.54, 1.807) is 14.2 Å². The number of methoxy groups -OCH3 is 2. The van der Waals surface area contributed by atoms with Gasteiger partial charge in [-0.05, 0) is 26.0 Å². The zero-order valence-corrected chi connectivity index (χ0v) is 10.3. The van der Waals surface area contributed by atoms with Gasteiger partial charge < -0.3 is 20.5 Å².